The molecule has 1 heterocycles. The molecular weight excluding hydrogens is 514 g/mol. The molecule has 4 rings (SSSR count). The monoisotopic (exact) mass is 545 g/mol. The lowest BCUT2D eigenvalue weighted by Gasteiger charge is -2.14. The average molecular weight is 546 g/mol. The SMILES string of the molecule is COCCCN1C(=O)C(Nc2ccc(OC)cc2)=C(Sc2ccc(NC(=O)CCc3ccccc3)cc2)C1=O. The van der Waals surface area contributed by atoms with E-state index in [2.05, 4.69) is 10.6 Å². The number of methoxy groups -OCH3 is 2. The molecule has 9 heteroatoms. The first-order valence-corrected chi connectivity index (χ1v) is 13.4. The summed E-state index contributed by atoms with van der Waals surface area (Å²) in [5, 5.41) is 6.04. The van der Waals surface area contributed by atoms with Gasteiger partial charge in [-0.2, -0.15) is 0 Å². The highest BCUT2D eigenvalue weighted by Gasteiger charge is 2.38. The van der Waals surface area contributed by atoms with Gasteiger partial charge in [0.1, 0.15) is 16.4 Å². The van der Waals surface area contributed by atoms with E-state index in [0.29, 0.717) is 47.9 Å². The second-order valence-corrected chi connectivity index (χ2v) is 9.91. The maximum Gasteiger partial charge on any atom is 0.278 e. The summed E-state index contributed by atoms with van der Waals surface area (Å²) in [5.74, 6) is -0.116. The highest BCUT2D eigenvalue weighted by atomic mass is 32.2. The average Bonchev–Trinajstić information content (AvgIpc) is 3.17. The summed E-state index contributed by atoms with van der Waals surface area (Å²) in [4.78, 5) is 41.2. The van der Waals surface area contributed by atoms with Crippen LogP contribution in [0, 0.1) is 0 Å². The molecule has 3 aromatic carbocycles. The van der Waals surface area contributed by atoms with E-state index in [1.807, 2.05) is 42.5 Å². The lowest BCUT2D eigenvalue weighted by molar-refractivity contribution is -0.137. The van der Waals surface area contributed by atoms with Gasteiger partial charge in [0.25, 0.3) is 11.8 Å². The molecule has 39 heavy (non-hydrogen) atoms. The molecule has 0 fully saturated rings. The van der Waals surface area contributed by atoms with Crippen molar-refractivity contribution in [2.45, 2.75) is 24.2 Å². The molecule has 8 nitrogen and oxygen atoms in total. The number of benzene rings is 3. The number of hydrogen-bond donors (Lipinski definition) is 2. The minimum atomic E-state index is -0.378. The number of ether oxygens (including phenoxy) is 2. The van der Waals surface area contributed by atoms with Crippen LogP contribution in [0.25, 0.3) is 0 Å². The van der Waals surface area contributed by atoms with Crippen molar-refractivity contribution >= 4 is 40.9 Å². The molecule has 2 N–H and O–H groups in total. The number of thioether (sulfide) groups is 1. The predicted molar refractivity (Wildman–Crippen MR) is 153 cm³/mol. The van der Waals surface area contributed by atoms with Gasteiger partial charge in [0, 0.05) is 43.0 Å². The summed E-state index contributed by atoms with van der Waals surface area (Å²) in [6.07, 6.45) is 1.58. The number of carbonyl (C=O) groups is 3. The molecule has 3 aromatic rings. The zero-order valence-electron chi connectivity index (χ0n) is 21.9. The summed E-state index contributed by atoms with van der Waals surface area (Å²) in [7, 11) is 3.16. The molecule has 0 bridgehead atoms. The maximum absolute atomic E-state index is 13.3. The molecular formula is C30H31N3O5S. The van der Waals surface area contributed by atoms with E-state index in [1.165, 1.54) is 16.7 Å². The van der Waals surface area contributed by atoms with Crippen LogP contribution in [0.2, 0.25) is 0 Å². The minimum absolute atomic E-state index is 0.0730. The number of nitrogens with one attached hydrogen (secondary N) is 2. The van der Waals surface area contributed by atoms with Gasteiger partial charge in [0.15, 0.2) is 0 Å². The molecule has 0 aliphatic carbocycles. The van der Waals surface area contributed by atoms with Gasteiger partial charge in [-0.25, -0.2) is 0 Å². The Morgan fingerprint density at radius 2 is 1.56 bits per heavy atom. The van der Waals surface area contributed by atoms with Crippen LogP contribution in [-0.4, -0.2) is 50.0 Å². The van der Waals surface area contributed by atoms with Crippen LogP contribution in [0.1, 0.15) is 18.4 Å². The van der Waals surface area contributed by atoms with Gasteiger partial charge in [-0.1, -0.05) is 42.1 Å². The van der Waals surface area contributed by atoms with Gasteiger partial charge in [-0.05, 0) is 66.9 Å². The number of imide groups is 1. The Balaban J connectivity index is 1.45. The number of nitrogens with zero attached hydrogens (tertiary/aromatic N) is 1. The van der Waals surface area contributed by atoms with Crippen LogP contribution >= 0.6 is 11.8 Å². The quantitative estimate of drug-likeness (QED) is 0.228. The Labute approximate surface area is 232 Å². The van der Waals surface area contributed by atoms with Crippen molar-refractivity contribution in [2.24, 2.45) is 0 Å². The minimum Gasteiger partial charge on any atom is -0.497 e. The van der Waals surface area contributed by atoms with Crippen LogP contribution in [0.4, 0.5) is 11.4 Å². The lowest BCUT2D eigenvalue weighted by Crippen LogP contribution is -2.33. The third kappa shape index (κ3) is 7.49. The van der Waals surface area contributed by atoms with Gasteiger partial charge >= 0.3 is 0 Å². The number of rotatable bonds is 13. The number of aryl methyl sites for hydroxylation is 1. The fraction of sp³-hybridized carbons (Fsp3) is 0.233. The first-order chi connectivity index (χ1) is 19.0. The van der Waals surface area contributed by atoms with Gasteiger partial charge in [-0.3, -0.25) is 19.3 Å². The maximum atomic E-state index is 13.3. The van der Waals surface area contributed by atoms with Crippen molar-refractivity contribution in [3.8, 4) is 5.75 Å². The smallest absolute Gasteiger partial charge is 0.278 e. The summed E-state index contributed by atoms with van der Waals surface area (Å²) in [6.45, 7) is 0.705. The largest absolute Gasteiger partial charge is 0.497 e. The Bertz CT molecular complexity index is 1320. The fourth-order valence-corrected chi connectivity index (χ4v) is 4.94. The van der Waals surface area contributed by atoms with Crippen molar-refractivity contribution < 1.29 is 23.9 Å². The lowest BCUT2D eigenvalue weighted by atomic mass is 10.1. The predicted octanol–water partition coefficient (Wildman–Crippen LogP) is 5.09. The number of hydrogen-bond acceptors (Lipinski definition) is 7. The van der Waals surface area contributed by atoms with E-state index >= 15 is 0 Å². The second kappa shape index (κ2) is 13.6. The molecule has 0 unspecified atom stereocenters. The molecule has 1 aliphatic rings. The normalized spacial score (nSPS) is 13.1. The molecule has 202 valence electrons. The highest BCUT2D eigenvalue weighted by Crippen LogP contribution is 2.36. The molecule has 3 amide bonds. The van der Waals surface area contributed by atoms with Crippen LogP contribution < -0.4 is 15.4 Å². The van der Waals surface area contributed by atoms with Crippen molar-refractivity contribution in [1.29, 1.82) is 0 Å². The van der Waals surface area contributed by atoms with Crippen LogP contribution in [-0.2, 0) is 25.5 Å². The van der Waals surface area contributed by atoms with E-state index in [9.17, 15) is 14.4 Å². The fourth-order valence-electron chi connectivity index (χ4n) is 4.00. The van der Waals surface area contributed by atoms with Crippen molar-refractivity contribution in [2.75, 3.05) is 38.0 Å². The van der Waals surface area contributed by atoms with Gasteiger partial charge < -0.3 is 20.1 Å². The van der Waals surface area contributed by atoms with E-state index in [4.69, 9.17) is 9.47 Å². The van der Waals surface area contributed by atoms with Crippen molar-refractivity contribution in [3.05, 3.63) is 95.0 Å². The zero-order chi connectivity index (χ0) is 27.6. The van der Waals surface area contributed by atoms with E-state index in [-0.39, 0.29) is 30.0 Å². The molecule has 0 atom stereocenters. The Morgan fingerprint density at radius 3 is 2.23 bits per heavy atom. The van der Waals surface area contributed by atoms with Gasteiger partial charge in [0.05, 0.1) is 7.11 Å². The number of amides is 3. The van der Waals surface area contributed by atoms with Crippen LogP contribution in [0.5, 0.6) is 5.75 Å². The van der Waals surface area contributed by atoms with Gasteiger partial charge in [-0.15, -0.1) is 0 Å². The Hall–Kier alpha value is -4.08. The van der Waals surface area contributed by atoms with Crippen molar-refractivity contribution in [3.63, 3.8) is 0 Å². The van der Waals surface area contributed by atoms with E-state index in [1.54, 1.807) is 50.6 Å². The zero-order valence-corrected chi connectivity index (χ0v) is 22.8. The molecule has 0 radical (unpaired) electrons. The van der Waals surface area contributed by atoms with E-state index < -0.39 is 0 Å². The van der Waals surface area contributed by atoms with Crippen molar-refractivity contribution in [1.82, 2.24) is 4.90 Å². The molecule has 0 saturated carbocycles. The molecule has 0 aromatic heterocycles. The summed E-state index contributed by atoms with van der Waals surface area (Å²) >= 11 is 1.21. The Kier molecular flexibility index (Phi) is 9.77. The second-order valence-electron chi connectivity index (χ2n) is 8.83. The summed E-state index contributed by atoms with van der Waals surface area (Å²) < 4.78 is 10.3. The Morgan fingerprint density at radius 1 is 0.872 bits per heavy atom. The first kappa shape index (κ1) is 27.9. The third-order valence-electron chi connectivity index (χ3n) is 6.06. The van der Waals surface area contributed by atoms with Gasteiger partial charge in [0.2, 0.25) is 5.91 Å². The summed E-state index contributed by atoms with van der Waals surface area (Å²) in [5.41, 5.74) is 2.67. The molecule has 1 aliphatic heterocycles. The molecule has 0 saturated heterocycles. The van der Waals surface area contributed by atoms with E-state index in [0.717, 1.165) is 10.5 Å². The number of anilines is 2. The molecule has 0 spiro atoms. The highest BCUT2D eigenvalue weighted by molar-refractivity contribution is 8.04. The number of carbonyl (C=O) groups excluding carboxylic acids is 3. The first-order valence-electron chi connectivity index (χ1n) is 12.6. The topological polar surface area (TPSA) is 97.0 Å². The third-order valence-corrected chi connectivity index (χ3v) is 7.15. The van der Waals surface area contributed by atoms with Crippen LogP contribution in [0.15, 0.2) is 94.4 Å². The standard InChI is InChI=1S/C30H31N3O5S/c1-37-20-6-19-33-29(35)27(32-23-10-14-24(38-2)15-11-23)28(30(33)36)39-25-16-12-22(13-17-25)31-26(34)18-9-21-7-4-3-5-8-21/h3-5,7-8,10-17,32H,6,9,18-20H2,1-2H3,(H,31,34). The summed E-state index contributed by atoms with van der Waals surface area (Å²) in [6, 6.07) is 24.2. The van der Waals surface area contributed by atoms with Crippen LogP contribution in [0.3, 0.4) is 0 Å².